The Morgan fingerprint density at radius 1 is 1.50 bits per heavy atom. The highest BCUT2D eigenvalue weighted by Crippen LogP contribution is 2.28. The minimum atomic E-state index is -0.0157. The summed E-state index contributed by atoms with van der Waals surface area (Å²) in [6.07, 6.45) is 0.843. The number of carbonyl (C=O) groups is 1. The van der Waals surface area contributed by atoms with Crippen molar-refractivity contribution in [3.05, 3.63) is 28.2 Å². The van der Waals surface area contributed by atoms with Crippen LogP contribution in [0.1, 0.15) is 18.9 Å². The van der Waals surface area contributed by atoms with Crippen LogP contribution in [0.5, 0.6) is 0 Å². The quantitative estimate of drug-likeness (QED) is 0.839. The van der Waals surface area contributed by atoms with E-state index < -0.39 is 0 Å². The van der Waals surface area contributed by atoms with Gasteiger partial charge in [-0.15, -0.1) is 0 Å². The molecule has 1 saturated heterocycles. The van der Waals surface area contributed by atoms with Gasteiger partial charge in [0.25, 0.3) is 0 Å². The van der Waals surface area contributed by atoms with Gasteiger partial charge in [-0.2, -0.15) is 0 Å². The maximum Gasteiger partial charge on any atom is 0.232 e. The van der Waals surface area contributed by atoms with E-state index in [0.29, 0.717) is 6.61 Å². The van der Waals surface area contributed by atoms with Crippen LogP contribution in [0.2, 0.25) is 0 Å². The minimum Gasteiger partial charge on any atom is -0.378 e. The number of amides is 1. The molecule has 1 fully saturated rings. The van der Waals surface area contributed by atoms with E-state index in [9.17, 15) is 4.79 Å². The lowest BCUT2D eigenvalue weighted by molar-refractivity contribution is -0.123. The van der Waals surface area contributed by atoms with Gasteiger partial charge in [-0.05, 0) is 44.0 Å². The fourth-order valence-electron chi connectivity index (χ4n) is 2.42. The Hall–Kier alpha value is -0.870. The second kappa shape index (κ2) is 5.41. The molecule has 1 aromatic carbocycles. The molecule has 1 aliphatic heterocycles. The third-order valence-electron chi connectivity index (χ3n) is 3.54. The molecule has 0 N–H and O–H groups in total. The molecule has 1 amide bonds. The Balaban J connectivity index is 2.20. The average Bonchev–Trinajstić information content (AvgIpc) is 2.74. The van der Waals surface area contributed by atoms with Gasteiger partial charge in [0, 0.05) is 23.8 Å². The number of carbonyl (C=O) groups excluding carboxylic acids is 1. The molecule has 3 nitrogen and oxygen atoms in total. The maximum atomic E-state index is 12.4. The van der Waals surface area contributed by atoms with Crippen LogP contribution in [0.4, 0.5) is 5.69 Å². The van der Waals surface area contributed by atoms with Crippen LogP contribution >= 0.6 is 15.9 Å². The summed E-state index contributed by atoms with van der Waals surface area (Å²) >= 11 is 3.43. The molecule has 0 spiro atoms. The first-order valence-corrected chi connectivity index (χ1v) is 6.95. The molecule has 4 heteroatoms. The zero-order valence-electron chi connectivity index (χ0n) is 10.9. The molecule has 18 heavy (non-hydrogen) atoms. The SMILES string of the molecule is Cc1cc(Br)ccc1N(C)C(=O)[C@@H]1CCO[C@H]1C. The second-order valence-corrected chi connectivity index (χ2v) is 5.71. The van der Waals surface area contributed by atoms with Gasteiger partial charge in [0.05, 0.1) is 12.0 Å². The predicted molar refractivity (Wildman–Crippen MR) is 75.8 cm³/mol. The summed E-state index contributed by atoms with van der Waals surface area (Å²) in [7, 11) is 1.84. The van der Waals surface area contributed by atoms with Crippen molar-refractivity contribution in [1.29, 1.82) is 0 Å². The predicted octanol–water partition coefficient (Wildman–Crippen LogP) is 3.15. The van der Waals surface area contributed by atoms with Crippen LogP contribution in [0.3, 0.4) is 0 Å². The molecule has 1 aliphatic rings. The van der Waals surface area contributed by atoms with Gasteiger partial charge < -0.3 is 9.64 Å². The average molecular weight is 312 g/mol. The van der Waals surface area contributed by atoms with Crippen LogP contribution in [-0.2, 0) is 9.53 Å². The number of aryl methyl sites for hydroxylation is 1. The monoisotopic (exact) mass is 311 g/mol. The summed E-state index contributed by atoms with van der Waals surface area (Å²) < 4.78 is 6.50. The first kappa shape index (κ1) is 13.6. The van der Waals surface area contributed by atoms with Gasteiger partial charge in [0.1, 0.15) is 0 Å². The zero-order chi connectivity index (χ0) is 13.3. The highest BCUT2D eigenvalue weighted by atomic mass is 79.9. The molecule has 98 valence electrons. The van der Waals surface area contributed by atoms with Gasteiger partial charge in [-0.25, -0.2) is 0 Å². The molecule has 1 heterocycles. The van der Waals surface area contributed by atoms with E-state index in [-0.39, 0.29) is 17.9 Å². The van der Waals surface area contributed by atoms with Gasteiger partial charge in [0.15, 0.2) is 0 Å². The smallest absolute Gasteiger partial charge is 0.232 e. The lowest BCUT2D eigenvalue weighted by atomic mass is 10.0. The zero-order valence-corrected chi connectivity index (χ0v) is 12.5. The second-order valence-electron chi connectivity index (χ2n) is 4.80. The number of hydrogen-bond donors (Lipinski definition) is 0. The maximum absolute atomic E-state index is 12.4. The number of halogens is 1. The molecule has 0 unspecified atom stereocenters. The number of rotatable bonds is 2. The molecule has 0 saturated carbocycles. The Morgan fingerprint density at radius 3 is 2.78 bits per heavy atom. The topological polar surface area (TPSA) is 29.5 Å². The molecule has 0 radical (unpaired) electrons. The summed E-state index contributed by atoms with van der Waals surface area (Å²) in [5.41, 5.74) is 2.05. The third kappa shape index (κ3) is 2.59. The first-order valence-electron chi connectivity index (χ1n) is 6.16. The molecular weight excluding hydrogens is 294 g/mol. The standard InChI is InChI=1S/C14H18BrNO2/c1-9-8-11(15)4-5-13(9)16(3)14(17)12-6-7-18-10(12)2/h4-5,8,10,12H,6-7H2,1-3H3/t10-,12+/m0/s1. The fourth-order valence-corrected chi connectivity index (χ4v) is 2.89. The highest BCUT2D eigenvalue weighted by Gasteiger charge is 2.33. The normalized spacial score (nSPS) is 23.1. The van der Waals surface area contributed by atoms with Crippen molar-refractivity contribution in [1.82, 2.24) is 0 Å². The number of hydrogen-bond acceptors (Lipinski definition) is 2. The summed E-state index contributed by atoms with van der Waals surface area (Å²) in [5.74, 6) is 0.128. The molecule has 0 aromatic heterocycles. The van der Waals surface area contributed by atoms with E-state index in [1.54, 1.807) is 4.90 Å². The van der Waals surface area contributed by atoms with Crippen molar-refractivity contribution in [3.8, 4) is 0 Å². The Bertz CT molecular complexity index is 461. The molecule has 0 aliphatic carbocycles. The van der Waals surface area contributed by atoms with Gasteiger partial charge in [0.2, 0.25) is 5.91 Å². The Morgan fingerprint density at radius 2 is 2.22 bits per heavy atom. The van der Waals surface area contributed by atoms with Crippen molar-refractivity contribution in [3.63, 3.8) is 0 Å². The van der Waals surface area contributed by atoms with Crippen molar-refractivity contribution >= 4 is 27.5 Å². The number of nitrogens with zero attached hydrogens (tertiary/aromatic N) is 1. The van der Waals surface area contributed by atoms with Gasteiger partial charge >= 0.3 is 0 Å². The minimum absolute atomic E-state index is 0.0157. The first-order chi connectivity index (χ1) is 8.50. The van der Waals surface area contributed by atoms with Crippen molar-refractivity contribution in [2.24, 2.45) is 5.92 Å². The van der Waals surface area contributed by atoms with Crippen LogP contribution in [0.25, 0.3) is 0 Å². The lowest BCUT2D eigenvalue weighted by Gasteiger charge is -2.24. The van der Waals surface area contributed by atoms with Gasteiger partial charge in [-0.1, -0.05) is 15.9 Å². The molecule has 2 atom stereocenters. The third-order valence-corrected chi connectivity index (χ3v) is 4.04. The number of ether oxygens (including phenoxy) is 1. The van der Waals surface area contributed by atoms with Gasteiger partial charge in [-0.3, -0.25) is 4.79 Å². The van der Waals surface area contributed by atoms with E-state index in [1.807, 2.05) is 39.1 Å². The highest BCUT2D eigenvalue weighted by molar-refractivity contribution is 9.10. The van der Waals surface area contributed by atoms with Crippen molar-refractivity contribution in [2.75, 3.05) is 18.6 Å². The summed E-state index contributed by atoms with van der Waals surface area (Å²) in [6.45, 7) is 4.67. The van der Waals surface area contributed by atoms with Crippen LogP contribution < -0.4 is 4.90 Å². The number of anilines is 1. The van der Waals surface area contributed by atoms with E-state index in [2.05, 4.69) is 15.9 Å². The number of benzene rings is 1. The molecule has 0 bridgehead atoms. The lowest BCUT2D eigenvalue weighted by Crippen LogP contribution is -2.36. The molecule has 1 aromatic rings. The van der Waals surface area contributed by atoms with Crippen LogP contribution in [0.15, 0.2) is 22.7 Å². The van der Waals surface area contributed by atoms with Crippen LogP contribution in [0, 0.1) is 12.8 Å². The summed E-state index contributed by atoms with van der Waals surface area (Å²) in [6, 6.07) is 5.95. The van der Waals surface area contributed by atoms with Crippen LogP contribution in [-0.4, -0.2) is 25.7 Å². The molecule has 2 rings (SSSR count). The summed E-state index contributed by atoms with van der Waals surface area (Å²) in [4.78, 5) is 14.2. The summed E-state index contributed by atoms with van der Waals surface area (Å²) in [5, 5.41) is 0. The van der Waals surface area contributed by atoms with E-state index in [0.717, 1.165) is 22.1 Å². The Labute approximate surface area is 116 Å². The van der Waals surface area contributed by atoms with Crippen molar-refractivity contribution < 1.29 is 9.53 Å². The van der Waals surface area contributed by atoms with Crippen molar-refractivity contribution in [2.45, 2.75) is 26.4 Å². The Kier molecular flexibility index (Phi) is 4.07. The van der Waals surface area contributed by atoms with E-state index >= 15 is 0 Å². The fraction of sp³-hybridized carbons (Fsp3) is 0.500. The van der Waals surface area contributed by atoms with E-state index in [1.165, 1.54) is 0 Å². The largest absolute Gasteiger partial charge is 0.378 e. The molecular formula is C14H18BrNO2. The van der Waals surface area contributed by atoms with E-state index in [4.69, 9.17) is 4.74 Å².